The molecule has 2 aliphatic heterocycles. The molecule has 3 aromatic carbocycles. The lowest BCUT2D eigenvalue weighted by Crippen LogP contribution is -2.34. The SMILES string of the molecule is COc1ccc(C(C)C)c(N2CCS/C2=N\C(=O)NC(F)C(F)c2ccc(C3=NC(c4ccc(OC(F)(F)F)cc4)N=N3)cc2)c1. The molecule has 0 bridgehead atoms. The number of rotatable bonds is 9. The van der Waals surface area contributed by atoms with Crippen LogP contribution in [-0.4, -0.2) is 49.1 Å². The van der Waals surface area contributed by atoms with Crippen molar-refractivity contribution in [3.63, 3.8) is 0 Å². The van der Waals surface area contributed by atoms with Crippen LogP contribution in [0.2, 0.25) is 0 Å². The Morgan fingerprint density at radius 3 is 2.39 bits per heavy atom. The van der Waals surface area contributed by atoms with E-state index in [1.165, 1.54) is 48.2 Å². The summed E-state index contributed by atoms with van der Waals surface area (Å²) in [4.78, 5) is 22.9. The van der Waals surface area contributed by atoms with Crippen molar-refractivity contribution < 1.29 is 36.2 Å². The lowest BCUT2D eigenvalue weighted by molar-refractivity contribution is -0.274. The van der Waals surface area contributed by atoms with Crippen LogP contribution in [0.4, 0.5) is 32.4 Å². The number of alkyl halides is 5. The maximum absolute atomic E-state index is 15.1. The van der Waals surface area contributed by atoms with E-state index in [2.05, 4.69) is 25.0 Å². The fraction of sp³-hybridized carbons (Fsp3) is 0.323. The van der Waals surface area contributed by atoms with Crippen LogP contribution in [0.15, 0.2) is 86.9 Å². The van der Waals surface area contributed by atoms with Crippen LogP contribution in [-0.2, 0) is 0 Å². The zero-order valence-electron chi connectivity index (χ0n) is 24.8. The van der Waals surface area contributed by atoms with Crippen molar-refractivity contribution in [1.29, 1.82) is 0 Å². The van der Waals surface area contributed by atoms with Crippen LogP contribution in [0.3, 0.4) is 0 Å². The summed E-state index contributed by atoms with van der Waals surface area (Å²) in [6, 6.07) is 15.4. The van der Waals surface area contributed by atoms with Gasteiger partial charge < -0.3 is 19.7 Å². The van der Waals surface area contributed by atoms with Gasteiger partial charge in [0, 0.05) is 35.2 Å². The van der Waals surface area contributed by atoms with E-state index in [0.717, 1.165) is 23.4 Å². The molecule has 0 saturated carbocycles. The first-order valence-corrected chi connectivity index (χ1v) is 15.1. The van der Waals surface area contributed by atoms with Gasteiger partial charge in [-0.2, -0.15) is 10.1 Å². The standard InChI is InChI=1S/C31H29F5N6O3S/c1-17(2)23-13-12-22(44-3)16-24(23)42-14-15-46-30(42)39-29(43)37-26(33)25(32)18-4-6-19(7-5-18)27-38-28(41-40-27)20-8-10-21(11-9-20)45-31(34,35)36/h4-13,16-17,25-26,28H,14-15H2,1-3H3,(H,37,43)/b39-30-. The Balaban J connectivity index is 1.21. The minimum atomic E-state index is -4.81. The molecule has 46 heavy (non-hydrogen) atoms. The number of carbonyl (C=O) groups excluding carboxylic acids is 1. The molecule has 9 nitrogen and oxygen atoms in total. The Kier molecular flexibility index (Phi) is 9.89. The predicted molar refractivity (Wildman–Crippen MR) is 165 cm³/mol. The minimum absolute atomic E-state index is 0.0358. The largest absolute Gasteiger partial charge is 0.573 e. The fourth-order valence-corrected chi connectivity index (χ4v) is 5.73. The summed E-state index contributed by atoms with van der Waals surface area (Å²) < 4.78 is 76.4. The highest BCUT2D eigenvalue weighted by Gasteiger charge is 2.31. The topological polar surface area (TPSA) is 100 Å². The Labute approximate surface area is 265 Å². The second kappa shape index (κ2) is 13.8. The Hall–Kier alpha value is -4.53. The number of azo groups is 1. The Morgan fingerprint density at radius 1 is 1.04 bits per heavy atom. The van der Waals surface area contributed by atoms with E-state index in [0.29, 0.717) is 34.3 Å². The summed E-state index contributed by atoms with van der Waals surface area (Å²) in [6.45, 7) is 4.67. The Morgan fingerprint density at radius 2 is 1.74 bits per heavy atom. The van der Waals surface area contributed by atoms with Gasteiger partial charge in [-0.25, -0.2) is 18.6 Å². The van der Waals surface area contributed by atoms with Gasteiger partial charge in [-0.3, -0.25) is 0 Å². The number of amidine groups is 2. The molecule has 1 saturated heterocycles. The molecule has 0 aromatic heterocycles. The van der Waals surface area contributed by atoms with Crippen molar-refractivity contribution in [2.24, 2.45) is 20.2 Å². The molecule has 2 amide bonds. The van der Waals surface area contributed by atoms with Crippen molar-refractivity contribution in [3.05, 3.63) is 89.0 Å². The first-order valence-electron chi connectivity index (χ1n) is 14.1. The molecule has 1 N–H and O–H groups in total. The number of urea groups is 1. The molecule has 2 heterocycles. The number of amides is 2. The third-order valence-corrected chi connectivity index (χ3v) is 8.00. The number of ether oxygens (including phenoxy) is 2. The highest BCUT2D eigenvalue weighted by molar-refractivity contribution is 8.14. The number of methoxy groups -OCH3 is 1. The van der Waals surface area contributed by atoms with Crippen LogP contribution in [0.1, 0.15) is 54.4 Å². The van der Waals surface area contributed by atoms with Gasteiger partial charge in [-0.05, 0) is 35.2 Å². The van der Waals surface area contributed by atoms with E-state index in [9.17, 15) is 22.4 Å². The number of halogens is 5. The van der Waals surface area contributed by atoms with Gasteiger partial charge in [0.15, 0.2) is 23.3 Å². The molecule has 3 aromatic rings. The smallest absolute Gasteiger partial charge is 0.497 e. The van der Waals surface area contributed by atoms with E-state index in [4.69, 9.17) is 4.74 Å². The molecule has 3 unspecified atom stereocenters. The number of aliphatic imine (C=N–C) groups is 2. The van der Waals surface area contributed by atoms with E-state index >= 15 is 4.39 Å². The van der Waals surface area contributed by atoms with Gasteiger partial charge in [0.2, 0.25) is 6.30 Å². The summed E-state index contributed by atoms with van der Waals surface area (Å²) in [5.41, 5.74) is 2.77. The van der Waals surface area contributed by atoms with Gasteiger partial charge >= 0.3 is 12.4 Å². The number of hydrogen-bond donors (Lipinski definition) is 1. The average molecular weight is 661 g/mol. The van der Waals surface area contributed by atoms with Gasteiger partial charge in [-0.15, -0.1) is 18.3 Å². The molecule has 2 aliphatic rings. The quantitative estimate of drug-likeness (QED) is 0.184. The number of hydrogen-bond acceptors (Lipinski definition) is 7. The Bertz CT molecular complexity index is 1650. The molecule has 15 heteroatoms. The molecule has 242 valence electrons. The number of carbonyl (C=O) groups is 1. The van der Waals surface area contributed by atoms with Crippen LogP contribution < -0.4 is 19.7 Å². The number of anilines is 1. The van der Waals surface area contributed by atoms with E-state index in [1.54, 1.807) is 7.11 Å². The average Bonchev–Trinajstić information content (AvgIpc) is 3.70. The molecule has 3 atom stereocenters. The molecule has 0 radical (unpaired) electrons. The summed E-state index contributed by atoms with van der Waals surface area (Å²) in [5, 5.41) is 10.4. The molecular formula is C31H29F5N6O3S. The second-order valence-corrected chi connectivity index (χ2v) is 11.6. The van der Waals surface area contributed by atoms with Gasteiger partial charge in [0.25, 0.3) is 0 Å². The zero-order chi connectivity index (χ0) is 33.0. The number of nitrogens with one attached hydrogen (secondary N) is 1. The zero-order valence-corrected chi connectivity index (χ0v) is 25.6. The highest BCUT2D eigenvalue weighted by atomic mass is 32.2. The predicted octanol–water partition coefficient (Wildman–Crippen LogP) is 8.25. The van der Waals surface area contributed by atoms with Crippen molar-refractivity contribution in [2.75, 3.05) is 24.3 Å². The lowest BCUT2D eigenvalue weighted by Gasteiger charge is -2.24. The number of nitrogens with zero attached hydrogens (tertiary/aromatic N) is 5. The maximum Gasteiger partial charge on any atom is 0.573 e. The maximum atomic E-state index is 15.1. The van der Waals surface area contributed by atoms with Crippen LogP contribution >= 0.6 is 11.8 Å². The lowest BCUT2D eigenvalue weighted by atomic mass is 10.00. The normalized spacial score (nSPS) is 18.5. The summed E-state index contributed by atoms with van der Waals surface area (Å²) in [7, 11) is 1.56. The second-order valence-electron chi connectivity index (χ2n) is 10.5. The van der Waals surface area contributed by atoms with Crippen LogP contribution in [0, 0.1) is 0 Å². The summed E-state index contributed by atoms with van der Waals surface area (Å²) in [6.07, 6.45) is -10.2. The molecule has 5 rings (SSSR count). The van der Waals surface area contributed by atoms with Gasteiger partial charge in [0.05, 0.1) is 7.11 Å². The van der Waals surface area contributed by atoms with Crippen molar-refractivity contribution in [2.45, 2.75) is 44.8 Å². The minimum Gasteiger partial charge on any atom is -0.497 e. The van der Waals surface area contributed by atoms with Crippen LogP contribution in [0.5, 0.6) is 11.5 Å². The molecule has 1 fully saturated rings. The van der Waals surface area contributed by atoms with Gasteiger partial charge in [0.1, 0.15) is 11.5 Å². The monoisotopic (exact) mass is 660 g/mol. The first kappa shape index (κ1) is 32.9. The third-order valence-electron chi connectivity index (χ3n) is 7.05. The number of thioether (sulfide) groups is 1. The fourth-order valence-electron chi connectivity index (χ4n) is 4.78. The van der Waals surface area contributed by atoms with E-state index in [1.807, 2.05) is 42.3 Å². The summed E-state index contributed by atoms with van der Waals surface area (Å²) in [5.74, 6) is 1.31. The van der Waals surface area contributed by atoms with Crippen molar-refractivity contribution in [1.82, 2.24) is 5.32 Å². The summed E-state index contributed by atoms with van der Waals surface area (Å²) >= 11 is 1.34. The van der Waals surface area contributed by atoms with Crippen molar-refractivity contribution >= 4 is 34.5 Å². The van der Waals surface area contributed by atoms with Crippen molar-refractivity contribution in [3.8, 4) is 11.5 Å². The molecular weight excluding hydrogens is 631 g/mol. The van der Waals surface area contributed by atoms with Gasteiger partial charge in [-0.1, -0.05) is 68.1 Å². The van der Waals surface area contributed by atoms with Crippen LogP contribution in [0.25, 0.3) is 0 Å². The third kappa shape index (κ3) is 7.81. The number of benzene rings is 3. The first-order chi connectivity index (χ1) is 21.9. The highest BCUT2D eigenvalue weighted by Crippen LogP contribution is 2.36. The van der Waals surface area contributed by atoms with E-state index in [-0.39, 0.29) is 23.1 Å². The van der Waals surface area contributed by atoms with E-state index < -0.39 is 31.0 Å². The molecule has 0 spiro atoms. The molecule has 0 aliphatic carbocycles.